The maximum absolute atomic E-state index is 11.8. The van der Waals surface area contributed by atoms with E-state index in [0.717, 1.165) is 25.7 Å². The van der Waals surface area contributed by atoms with E-state index >= 15 is 0 Å². The predicted molar refractivity (Wildman–Crippen MR) is 142 cm³/mol. The highest BCUT2D eigenvalue weighted by molar-refractivity contribution is 5.76. The normalized spacial score (nSPS) is 15.9. The van der Waals surface area contributed by atoms with Crippen LogP contribution in [-0.4, -0.2) is 57.3 Å². The average molecular weight is 512 g/mol. The first-order chi connectivity index (χ1) is 17.1. The first-order valence-corrected chi connectivity index (χ1v) is 14.3. The zero-order valence-corrected chi connectivity index (χ0v) is 23.4. The Morgan fingerprint density at radius 2 is 1.00 bits per heavy atom. The molecule has 0 aromatic heterocycles. The van der Waals surface area contributed by atoms with Crippen LogP contribution in [0, 0.1) is 0 Å². The molecule has 3 unspecified atom stereocenters. The Bertz CT molecular complexity index is 597. The monoisotopic (exact) mass is 511 g/mol. The number of carbonyl (C=O) groups is 3. The third-order valence-corrected chi connectivity index (χ3v) is 7.78. The van der Waals surface area contributed by atoms with Crippen LogP contribution in [0.4, 0.5) is 0 Å². The number of carboxylic acid groups (broad SMARTS) is 3. The molecule has 0 spiro atoms. The van der Waals surface area contributed by atoms with E-state index in [1.807, 2.05) is 0 Å². The number of rotatable bonds is 24. The van der Waals surface area contributed by atoms with Crippen molar-refractivity contribution in [3.8, 4) is 0 Å². The predicted octanol–water partition coefficient (Wildman–Crippen LogP) is 5.71. The smallest absolute Gasteiger partial charge is 0.362 e. The first-order valence-electron chi connectivity index (χ1n) is 14.3. The highest BCUT2D eigenvalue weighted by atomic mass is 16.4. The van der Waals surface area contributed by atoms with Crippen LogP contribution >= 0.6 is 0 Å². The van der Waals surface area contributed by atoms with Crippen molar-refractivity contribution in [3.05, 3.63) is 12.2 Å². The summed E-state index contributed by atoms with van der Waals surface area (Å²) in [4.78, 5) is 35.2. The summed E-state index contributed by atoms with van der Waals surface area (Å²) in [6, 6.07) is -3.55. The number of carbonyl (C=O) groups excluding carboxylic acids is 1. The molecule has 7 nitrogen and oxygen atoms in total. The Morgan fingerprint density at radius 1 is 0.639 bits per heavy atom. The van der Waals surface area contributed by atoms with E-state index in [4.69, 9.17) is 0 Å². The number of hydrogen-bond acceptors (Lipinski definition) is 4. The maximum atomic E-state index is 11.8. The fourth-order valence-electron chi connectivity index (χ4n) is 5.17. The molecular formula is C29H53NO6. The molecular weight excluding hydrogens is 458 g/mol. The van der Waals surface area contributed by atoms with Crippen molar-refractivity contribution in [2.75, 3.05) is 6.54 Å². The first kappa shape index (κ1) is 34.1. The van der Waals surface area contributed by atoms with E-state index in [2.05, 4.69) is 19.1 Å². The number of nitrogens with zero attached hydrogens (tertiary/aromatic N) is 1. The van der Waals surface area contributed by atoms with Gasteiger partial charge in [-0.2, -0.15) is 0 Å². The minimum absolute atomic E-state index is 0.185. The number of aliphatic carboxylic acids is 3. The van der Waals surface area contributed by atoms with Crippen LogP contribution in [0.25, 0.3) is 0 Å². The molecule has 0 bridgehead atoms. The van der Waals surface area contributed by atoms with Crippen LogP contribution in [-0.2, 0) is 14.4 Å². The largest absolute Gasteiger partial charge is 0.544 e. The maximum Gasteiger partial charge on any atom is 0.362 e. The molecule has 36 heavy (non-hydrogen) atoms. The lowest BCUT2D eigenvalue weighted by molar-refractivity contribution is -0.969. The molecule has 0 saturated heterocycles. The number of unbranched alkanes of at least 4 members (excludes halogenated alkanes) is 14. The minimum Gasteiger partial charge on any atom is -0.544 e. The third kappa shape index (κ3) is 12.9. The zero-order valence-electron chi connectivity index (χ0n) is 23.4. The summed E-state index contributed by atoms with van der Waals surface area (Å²) in [5.41, 5.74) is 0. The molecule has 0 aliphatic heterocycles. The molecule has 0 amide bonds. The SMILES string of the molecule is CCCC/C=C/CCCCCCCCCCCCCC[N+](C(C)C(=O)[O-])(C(C)C(=O)O)C(C)C(=O)O. The summed E-state index contributed by atoms with van der Waals surface area (Å²) in [7, 11) is 0. The van der Waals surface area contributed by atoms with Crippen molar-refractivity contribution in [1.82, 2.24) is 0 Å². The zero-order chi connectivity index (χ0) is 27.4. The highest BCUT2D eigenvalue weighted by Gasteiger charge is 2.50. The fourth-order valence-corrected chi connectivity index (χ4v) is 5.17. The molecule has 0 fully saturated rings. The summed E-state index contributed by atoms with van der Waals surface area (Å²) in [6.07, 6.45) is 23.3. The number of hydrogen-bond donors (Lipinski definition) is 2. The van der Waals surface area contributed by atoms with E-state index in [9.17, 15) is 29.7 Å². The van der Waals surface area contributed by atoms with Crippen LogP contribution in [0.5, 0.6) is 0 Å². The second-order valence-corrected chi connectivity index (χ2v) is 10.4. The second kappa shape index (κ2) is 20.2. The Hall–Kier alpha value is -1.89. The van der Waals surface area contributed by atoms with E-state index in [0.29, 0.717) is 6.42 Å². The van der Waals surface area contributed by atoms with Crippen LogP contribution < -0.4 is 5.11 Å². The Balaban J connectivity index is 4.19. The van der Waals surface area contributed by atoms with E-state index < -0.39 is 40.5 Å². The van der Waals surface area contributed by atoms with Crippen molar-refractivity contribution < 1.29 is 34.2 Å². The number of quaternary nitrogens is 1. The molecule has 3 atom stereocenters. The van der Waals surface area contributed by atoms with Crippen LogP contribution in [0.15, 0.2) is 12.2 Å². The average Bonchev–Trinajstić information content (AvgIpc) is 2.84. The van der Waals surface area contributed by atoms with Crippen molar-refractivity contribution in [3.63, 3.8) is 0 Å². The van der Waals surface area contributed by atoms with Crippen molar-refractivity contribution in [1.29, 1.82) is 0 Å². The Kier molecular flexibility index (Phi) is 19.1. The lowest BCUT2D eigenvalue weighted by Gasteiger charge is -2.49. The van der Waals surface area contributed by atoms with Gasteiger partial charge < -0.3 is 20.1 Å². The summed E-state index contributed by atoms with van der Waals surface area (Å²) < 4.78 is -0.540. The molecule has 0 aliphatic rings. The molecule has 7 heteroatoms. The van der Waals surface area contributed by atoms with Gasteiger partial charge in [-0.15, -0.1) is 0 Å². The fraction of sp³-hybridized carbons (Fsp3) is 0.828. The molecule has 0 aromatic rings. The van der Waals surface area contributed by atoms with Crippen molar-refractivity contribution >= 4 is 17.9 Å². The topological polar surface area (TPSA) is 115 Å². The van der Waals surface area contributed by atoms with Crippen LogP contribution in [0.1, 0.15) is 130 Å². The second-order valence-electron chi connectivity index (χ2n) is 10.4. The van der Waals surface area contributed by atoms with Gasteiger partial charge in [0, 0.05) is 0 Å². The van der Waals surface area contributed by atoms with Gasteiger partial charge in [-0.1, -0.05) is 89.7 Å². The van der Waals surface area contributed by atoms with Gasteiger partial charge in [-0.05, 0) is 52.9 Å². The third-order valence-electron chi connectivity index (χ3n) is 7.78. The van der Waals surface area contributed by atoms with Gasteiger partial charge in [0.1, 0.15) is 6.04 Å². The standard InChI is InChI=1S/C29H53NO6/c1-5-6-7-8-9-10-11-12-13-14-15-16-17-18-19-20-21-22-23-30(24(2)27(31)32,25(3)28(33)34)26(4)29(35)36/h8-9,24-26H,5-7,10-23H2,1-4H3,(H2-,31,32,33,34,35,36)/b9-8+. The van der Waals surface area contributed by atoms with Crippen LogP contribution in [0.3, 0.4) is 0 Å². The van der Waals surface area contributed by atoms with Crippen molar-refractivity contribution in [2.45, 2.75) is 149 Å². The van der Waals surface area contributed by atoms with Gasteiger partial charge in [-0.25, -0.2) is 9.59 Å². The van der Waals surface area contributed by atoms with Crippen molar-refractivity contribution in [2.24, 2.45) is 0 Å². The minimum atomic E-state index is -1.42. The summed E-state index contributed by atoms with van der Waals surface area (Å²) in [6.45, 7) is 6.56. The van der Waals surface area contributed by atoms with Gasteiger partial charge in [0.2, 0.25) is 0 Å². The highest BCUT2D eigenvalue weighted by Crippen LogP contribution is 2.27. The van der Waals surface area contributed by atoms with Crippen LogP contribution in [0.2, 0.25) is 0 Å². The molecule has 0 saturated carbocycles. The Labute approximate surface area is 219 Å². The molecule has 0 radical (unpaired) electrons. The van der Waals surface area contributed by atoms with Gasteiger partial charge in [0.25, 0.3) is 0 Å². The molecule has 0 heterocycles. The molecule has 0 rings (SSSR count). The lowest BCUT2D eigenvalue weighted by atomic mass is 10.00. The number of carboxylic acids is 3. The van der Waals surface area contributed by atoms with Gasteiger partial charge in [0.05, 0.1) is 12.5 Å². The molecule has 0 aromatic carbocycles. The van der Waals surface area contributed by atoms with Gasteiger partial charge in [0.15, 0.2) is 12.1 Å². The summed E-state index contributed by atoms with van der Waals surface area (Å²) >= 11 is 0. The summed E-state index contributed by atoms with van der Waals surface area (Å²) in [5, 5.41) is 30.9. The number of allylic oxidation sites excluding steroid dienone is 2. The summed E-state index contributed by atoms with van der Waals surface area (Å²) in [5.74, 6) is -3.82. The van der Waals surface area contributed by atoms with Gasteiger partial charge in [-0.3, -0.25) is 4.48 Å². The molecule has 2 N–H and O–H groups in total. The van der Waals surface area contributed by atoms with E-state index in [1.54, 1.807) is 0 Å². The molecule has 210 valence electrons. The van der Waals surface area contributed by atoms with E-state index in [-0.39, 0.29) is 6.54 Å². The quantitative estimate of drug-likeness (QED) is 0.0975. The van der Waals surface area contributed by atoms with Gasteiger partial charge >= 0.3 is 11.9 Å². The van der Waals surface area contributed by atoms with E-state index in [1.165, 1.54) is 91.4 Å². The Morgan fingerprint density at radius 3 is 1.36 bits per heavy atom. The molecule has 0 aliphatic carbocycles. The lowest BCUT2D eigenvalue weighted by Crippen LogP contribution is -2.72.